The van der Waals surface area contributed by atoms with E-state index in [0.29, 0.717) is 6.42 Å². The van der Waals surface area contributed by atoms with Gasteiger partial charge in [-0.1, -0.05) is 6.92 Å². The van der Waals surface area contributed by atoms with Gasteiger partial charge in [-0.15, -0.1) is 0 Å². The summed E-state index contributed by atoms with van der Waals surface area (Å²) in [6.07, 6.45) is -0.556. The topological polar surface area (TPSA) is 46.5 Å². The minimum atomic E-state index is -1.22. The Morgan fingerprint density at radius 3 is 2.78 bits per heavy atom. The highest BCUT2D eigenvalue weighted by atomic mass is 32.1. The van der Waals surface area contributed by atoms with Crippen molar-refractivity contribution in [3.05, 3.63) is 0 Å². The van der Waals surface area contributed by atoms with Crippen LogP contribution >= 0.6 is 12.6 Å². The molecule has 0 rings (SSSR count). The standard InChI is InChI=1S/C5H10O3S/c1-4(9)2-3-8-5(6)7/h4,9H,2-3H2,1H3,(H,6,7). The quantitative estimate of drug-likeness (QED) is 0.472. The van der Waals surface area contributed by atoms with Gasteiger partial charge < -0.3 is 9.84 Å². The first kappa shape index (κ1) is 8.62. The molecule has 0 saturated heterocycles. The Morgan fingerprint density at radius 2 is 2.44 bits per heavy atom. The molecule has 0 aromatic rings. The van der Waals surface area contributed by atoms with Crippen molar-refractivity contribution < 1.29 is 14.6 Å². The second kappa shape index (κ2) is 4.49. The molecule has 0 radical (unpaired) electrons. The lowest BCUT2D eigenvalue weighted by atomic mass is 10.3. The average molecular weight is 150 g/mol. The fraction of sp³-hybridized carbons (Fsp3) is 0.800. The molecular weight excluding hydrogens is 140 g/mol. The van der Waals surface area contributed by atoms with E-state index in [1.165, 1.54) is 0 Å². The van der Waals surface area contributed by atoms with Gasteiger partial charge in [0.25, 0.3) is 0 Å². The third kappa shape index (κ3) is 7.62. The number of thiol groups is 1. The van der Waals surface area contributed by atoms with Crippen LogP contribution in [-0.2, 0) is 4.74 Å². The highest BCUT2D eigenvalue weighted by molar-refractivity contribution is 7.80. The minimum absolute atomic E-state index is 0.198. The van der Waals surface area contributed by atoms with E-state index < -0.39 is 6.16 Å². The van der Waals surface area contributed by atoms with Crippen LogP contribution in [0.1, 0.15) is 13.3 Å². The lowest BCUT2D eigenvalue weighted by Gasteiger charge is -2.01. The Labute approximate surface area is 59.4 Å². The molecule has 0 spiro atoms. The van der Waals surface area contributed by atoms with Crippen LogP contribution in [0.25, 0.3) is 0 Å². The van der Waals surface area contributed by atoms with E-state index in [1.807, 2.05) is 6.92 Å². The van der Waals surface area contributed by atoms with E-state index >= 15 is 0 Å². The molecule has 1 N–H and O–H groups in total. The molecule has 1 atom stereocenters. The van der Waals surface area contributed by atoms with Crippen molar-refractivity contribution >= 4 is 18.8 Å². The van der Waals surface area contributed by atoms with Gasteiger partial charge in [0.05, 0.1) is 6.61 Å². The monoisotopic (exact) mass is 150 g/mol. The summed E-state index contributed by atoms with van der Waals surface area (Å²) in [6, 6.07) is 0. The molecule has 1 unspecified atom stereocenters. The Kier molecular flexibility index (Phi) is 4.30. The zero-order valence-corrected chi connectivity index (χ0v) is 6.10. The molecule has 0 aliphatic carbocycles. The van der Waals surface area contributed by atoms with Gasteiger partial charge in [0.1, 0.15) is 0 Å². The molecule has 0 aromatic heterocycles. The van der Waals surface area contributed by atoms with E-state index in [0.717, 1.165) is 0 Å². The summed E-state index contributed by atoms with van der Waals surface area (Å²) in [4.78, 5) is 9.73. The fourth-order valence-electron chi connectivity index (χ4n) is 0.317. The minimum Gasteiger partial charge on any atom is -0.450 e. The molecule has 0 aliphatic rings. The molecule has 0 aromatic carbocycles. The van der Waals surface area contributed by atoms with Gasteiger partial charge >= 0.3 is 6.16 Å². The van der Waals surface area contributed by atoms with Gasteiger partial charge in [0.2, 0.25) is 0 Å². The number of rotatable bonds is 3. The number of hydrogen-bond acceptors (Lipinski definition) is 3. The first-order valence-corrected chi connectivity index (χ1v) is 3.18. The van der Waals surface area contributed by atoms with Crippen LogP contribution in [0.5, 0.6) is 0 Å². The number of carbonyl (C=O) groups is 1. The largest absolute Gasteiger partial charge is 0.505 e. The van der Waals surface area contributed by atoms with Crippen molar-refractivity contribution in [1.29, 1.82) is 0 Å². The summed E-state index contributed by atoms with van der Waals surface area (Å²) >= 11 is 4.03. The van der Waals surface area contributed by atoms with E-state index in [1.54, 1.807) is 0 Å². The predicted molar refractivity (Wildman–Crippen MR) is 37.0 cm³/mol. The molecule has 0 aliphatic heterocycles. The molecule has 4 heteroatoms. The zero-order valence-electron chi connectivity index (χ0n) is 5.20. The van der Waals surface area contributed by atoms with Gasteiger partial charge in [-0.3, -0.25) is 0 Å². The molecule has 0 fully saturated rings. The number of hydrogen-bond donors (Lipinski definition) is 2. The van der Waals surface area contributed by atoms with Gasteiger partial charge in [0, 0.05) is 5.25 Å². The molecule has 0 bridgehead atoms. The average Bonchev–Trinajstić information content (AvgIpc) is 1.63. The normalized spacial score (nSPS) is 12.7. The van der Waals surface area contributed by atoms with Crippen molar-refractivity contribution in [2.24, 2.45) is 0 Å². The Hall–Kier alpha value is -0.380. The summed E-state index contributed by atoms with van der Waals surface area (Å²) in [5, 5.41) is 8.18. The lowest BCUT2D eigenvalue weighted by Crippen LogP contribution is -2.05. The Bertz CT molecular complexity index is 92.2. The SMILES string of the molecule is CC(S)CCOC(=O)O. The number of ether oxygens (including phenoxy) is 1. The fourth-order valence-corrected chi connectivity index (χ4v) is 0.422. The number of carboxylic acid groups (broad SMARTS) is 1. The third-order valence-corrected chi connectivity index (χ3v) is 1.02. The van der Waals surface area contributed by atoms with Crippen LogP contribution in [0.4, 0.5) is 4.79 Å². The van der Waals surface area contributed by atoms with Crippen molar-refractivity contribution in [2.45, 2.75) is 18.6 Å². The van der Waals surface area contributed by atoms with Crippen molar-refractivity contribution in [1.82, 2.24) is 0 Å². The van der Waals surface area contributed by atoms with Crippen LogP contribution in [0.2, 0.25) is 0 Å². The van der Waals surface area contributed by atoms with E-state index in [-0.39, 0.29) is 11.9 Å². The maximum absolute atomic E-state index is 9.73. The molecular formula is C5H10O3S. The maximum Gasteiger partial charge on any atom is 0.505 e. The predicted octanol–water partition coefficient (Wildman–Crippen LogP) is 1.39. The Balaban J connectivity index is 3.01. The van der Waals surface area contributed by atoms with Crippen LogP contribution < -0.4 is 0 Å². The third-order valence-electron chi connectivity index (χ3n) is 0.761. The molecule has 3 nitrogen and oxygen atoms in total. The summed E-state index contributed by atoms with van der Waals surface area (Å²) in [6.45, 7) is 2.12. The van der Waals surface area contributed by atoms with Gasteiger partial charge in [0.15, 0.2) is 0 Å². The highest BCUT2D eigenvalue weighted by Crippen LogP contribution is 1.98. The maximum atomic E-state index is 9.73. The first-order chi connectivity index (χ1) is 4.13. The van der Waals surface area contributed by atoms with Crippen LogP contribution in [-0.4, -0.2) is 23.1 Å². The summed E-state index contributed by atoms with van der Waals surface area (Å²) < 4.78 is 4.22. The van der Waals surface area contributed by atoms with E-state index in [9.17, 15) is 4.79 Å². The van der Waals surface area contributed by atoms with Crippen molar-refractivity contribution in [3.8, 4) is 0 Å². The molecule has 0 saturated carbocycles. The molecule has 0 amide bonds. The zero-order chi connectivity index (χ0) is 7.28. The molecule has 0 heterocycles. The van der Waals surface area contributed by atoms with Gasteiger partial charge in [-0.2, -0.15) is 12.6 Å². The van der Waals surface area contributed by atoms with Crippen LogP contribution in [0.15, 0.2) is 0 Å². The Morgan fingerprint density at radius 1 is 1.89 bits per heavy atom. The molecule has 54 valence electrons. The van der Waals surface area contributed by atoms with Gasteiger partial charge in [-0.25, -0.2) is 4.79 Å². The second-order valence-corrected chi connectivity index (χ2v) is 2.63. The molecule has 9 heavy (non-hydrogen) atoms. The van der Waals surface area contributed by atoms with Gasteiger partial charge in [-0.05, 0) is 6.42 Å². The second-order valence-electron chi connectivity index (χ2n) is 1.75. The first-order valence-electron chi connectivity index (χ1n) is 2.66. The van der Waals surface area contributed by atoms with Crippen LogP contribution in [0, 0.1) is 0 Å². The summed E-state index contributed by atoms with van der Waals surface area (Å²) in [7, 11) is 0. The summed E-state index contributed by atoms with van der Waals surface area (Å²) in [5.74, 6) is 0. The van der Waals surface area contributed by atoms with Crippen molar-refractivity contribution in [2.75, 3.05) is 6.61 Å². The van der Waals surface area contributed by atoms with Crippen molar-refractivity contribution in [3.63, 3.8) is 0 Å². The van der Waals surface area contributed by atoms with E-state index in [2.05, 4.69) is 17.4 Å². The van der Waals surface area contributed by atoms with E-state index in [4.69, 9.17) is 5.11 Å². The highest BCUT2D eigenvalue weighted by Gasteiger charge is 1.97. The van der Waals surface area contributed by atoms with Crippen LogP contribution in [0.3, 0.4) is 0 Å². The lowest BCUT2D eigenvalue weighted by molar-refractivity contribution is 0.0909. The summed E-state index contributed by atoms with van der Waals surface area (Å²) in [5.41, 5.74) is 0. The smallest absolute Gasteiger partial charge is 0.450 e.